The lowest BCUT2D eigenvalue weighted by molar-refractivity contribution is -0.0522. The lowest BCUT2D eigenvalue weighted by Crippen LogP contribution is -2.55. The van der Waals surface area contributed by atoms with Crippen LogP contribution in [0, 0.1) is 6.92 Å². The van der Waals surface area contributed by atoms with E-state index in [1.807, 2.05) is 52.0 Å². The average Bonchev–Trinajstić information content (AvgIpc) is 2.93. The van der Waals surface area contributed by atoms with E-state index in [-0.39, 0.29) is 6.09 Å². The van der Waals surface area contributed by atoms with E-state index < -0.39 is 17.3 Å². The molecular weight excluding hydrogens is 526 g/mol. The van der Waals surface area contributed by atoms with Crippen molar-refractivity contribution in [2.24, 2.45) is 0 Å². The molecule has 1 spiro atoms. The normalized spacial score (nSPS) is 16.9. The molecule has 2 aromatic carbocycles. The molecule has 3 heterocycles. The summed E-state index contributed by atoms with van der Waals surface area (Å²) in [7, 11) is 3.20. The molecule has 3 aromatic rings. The van der Waals surface area contributed by atoms with Crippen LogP contribution < -0.4 is 19.7 Å². The van der Waals surface area contributed by atoms with Gasteiger partial charge in [-0.2, -0.15) is 0 Å². The van der Waals surface area contributed by atoms with Crippen LogP contribution in [0.1, 0.15) is 45.6 Å². The van der Waals surface area contributed by atoms with Crippen molar-refractivity contribution < 1.29 is 28.5 Å². The smallest absolute Gasteiger partial charge is 0.414 e. The van der Waals surface area contributed by atoms with Crippen LogP contribution in [0.5, 0.6) is 11.5 Å². The molecular formula is C30H37N5O6. The summed E-state index contributed by atoms with van der Waals surface area (Å²) in [6.07, 6.45) is 2.44. The first-order valence-electron chi connectivity index (χ1n) is 13.7. The second kappa shape index (κ2) is 10.9. The number of rotatable bonds is 5. The van der Waals surface area contributed by atoms with Crippen molar-refractivity contribution in [3.8, 4) is 11.5 Å². The first-order chi connectivity index (χ1) is 19.5. The number of piperidine rings is 1. The molecule has 2 fully saturated rings. The lowest BCUT2D eigenvalue weighted by atomic mass is 9.87. The average molecular weight is 564 g/mol. The highest BCUT2D eigenvalue weighted by Crippen LogP contribution is 2.41. The van der Waals surface area contributed by atoms with Crippen LogP contribution in [-0.2, 0) is 9.47 Å². The molecule has 0 atom stereocenters. The van der Waals surface area contributed by atoms with Gasteiger partial charge in [0.2, 0.25) is 0 Å². The van der Waals surface area contributed by atoms with Crippen molar-refractivity contribution in [1.82, 2.24) is 14.9 Å². The third-order valence-corrected chi connectivity index (χ3v) is 7.63. The molecule has 1 N–H and O–H groups in total. The largest absolute Gasteiger partial charge is 0.496 e. The maximum absolute atomic E-state index is 13.4. The highest BCUT2D eigenvalue weighted by atomic mass is 16.6. The van der Waals surface area contributed by atoms with Gasteiger partial charge in [-0.3, -0.25) is 4.90 Å². The summed E-state index contributed by atoms with van der Waals surface area (Å²) in [4.78, 5) is 38.2. The van der Waals surface area contributed by atoms with Gasteiger partial charge in [0.05, 0.1) is 25.4 Å². The van der Waals surface area contributed by atoms with Crippen LogP contribution in [0.25, 0.3) is 10.9 Å². The molecule has 0 radical (unpaired) electrons. The highest BCUT2D eigenvalue weighted by Gasteiger charge is 2.45. The molecule has 2 saturated heterocycles. The lowest BCUT2D eigenvalue weighted by Gasteiger charge is -2.45. The fourth-order valence-electron chi connectivity index (χ4n) is 5.34. The van der Waals surface area contributed by atoms with Gasteiger partial charge in [-0.05, 0) is 45.9 Å². The zero-order valence-electron chi connectivity index (χ0n) is 24.4. The molecule has 5 rings (SSSR count). The van der Waals surface area contributed by atoms with Gasteiger partial charge in [0, 0.05) is 61.6 Å². The predicted octanol–water partition coefficient (Wildman–Crippen LogP) is 5.82. The van der Waals surface area contributed by atoms with E-state index in [0.717, 1.165) is 22.4 Å². The van der Waals surface area contributed by atoms with E-state index in [1.54, 1.807) is 30.1 Å². The molecule has 1 aromatic heterocycles. The third kappa shape index (κ3) is 5.79. The zero-order valence-corrected chi connectivity index (χ0v) is 24.4. The molecule has 2 aliphatic heterocycles. The molecule has 218 valence electrons. The van der Waals surface area contributed by atoms with Crippen LogP contribution in [0.15, 0.2) is 36.7 Å². The zero-order chi connectivity index (χ0) is 29.4. The second-order valence-corrected chi connectivity index (χ2v) is 11.4. The van der Waals surface area contributed by atoms with Crippen LogP contribution in [0.3, 0.4) is 0 Å². The number of hydrogen-bond donors (Lipinski definition) is 1. The Labute approximate surface area is 239 Å². The minimum Gasteiger partial charge on any atom is -0.496 e. The van der Waals surface area contributed by atoms with Crippen molar-refractivity contribution in [1.29, 1.82) is 0 Å². The number of nitrogens with one attached hydrogen (secondary N) is 1. The first kappa shape index (κ1) is 28.3. The number of anilines is 3. The number of methoxy groups -OCH3 is 2. The summed E-state index contributed by atoms with van der Waals surface area (Å²) in [5, 5.41) is 4.12. The van der Waals surface area contributed by atoms with Crippen LogP contribution in [0.2, 0.25) is 0 Å². The molecule has 0 bridgehead atoms. The number of nitrogens with zero attached hydrogens (tertiary/aromatic N) is 4. The van der Waals surface area contributed by atoms with E-state index in [4.69, 9.17) is 18.9 Å². The number of hydrogen-bond acceptors (Lipinski definition) is 9. The van der Waals surface area contributed by atoms with Gasteiger partial charge in [-0.15, -0.1) is 0 Å². The van der Waals surface area contributed by atoms with E-state index in [0.29, 0.717) is 61.7 Å². The molecule has 11 nitrogen and oxygen atoms in total. The summed E-state index contributed by atoms with van der Waals surface area (Å²) in [5.74, 6) is 1.86. The van der Waals surface area contributed by atoms with Crippen LogP contribution >= 0.6 is 0 Å². The molecule has 0 aliphatic carbocycles. The summed E-state index contributed by atoms with van der Waals surface area (Å²) in [6.45, 7) is 8.89. The Balaban J connectivity index is 1.37. The number of fused-ring (bicyclic) bond motifs is 1. The number of ether oxygens (including phenoxy) is 4. The second-order valence-electron chi connectivity index (χ2n) is 11.4. The summed E-state index contributed by atoms with van der Waals surface area (Å²) < 4.78 is 22.7. The van der Waals surface area contributed by atoms with Gasteiger partial charge in [0.25, 0.3) is 0 Å². The number of benzene rings is 2. The van der Waals surface area contributed by atoms with Gasteiger partial charge in [0.15, 0.2) is 0 Å². The molecule has 0 saturated carbocycles. The van der Waals surface area contributed by atoms with Gasteiger partial charge in [0.1, 0.15) is 34.8 Å². The minimum absolute atomic E-state index is 0.340. The van der Waals surface area contributed by atoms with Crippen molar-refractivity contribution in [2.75, 3.05) is 44.1 Å². The summed E-state index contributed by atoms with van der Waals surface area (Å²) >= 11 is 0. The molecule has 2 aliphatic rings. The number of carbonyl (C=O) groups excluding carboxylic acids is 2. The standard InChI is InChI=1S/C30H37N5O6/c1-19-21(8-7-9-24(19)38-5)33-26-20-16-23(25(39-6)17-22(20)31-18-32-26)35-15-12-30(41-28(35)37)10-13-34(14-11-30)27(36)40-29(2,3)4/h7-9,16-18H,10-15H2,1-6H3,(H,31,32,33). The van der Waals surface area contributed by atoms with Gasteiger partial charge in [-0.1, -0.05) is 6.07 Å². The molecule has 0 unspecified atom stereocenters. The quantitative estimate of drug-likeness (QED) is 0.410. The maximum atomic E-state index is 13.4. The highest BCUT2D eigenvalue weighted by molar-refractivity contribution is 5.99. The fourth-order valence-corrected chi connectivity index (χ4v) is 5.34. The Kier molecular flexibility index (Phi) is 7.54. The van der Waals surface area contributed by atoms with Gasteiger partial charge >= 0.3 is 12.2 Å². The predicted molar refractivity (Wildman–Crippen MR) is 155 cm³/mol. The van der Waals surface area contributed by atoms with Crippen molar-refractivity contribution in [2.45, 2.75) is 58.2 Å². The van der Waals surface area contributed by atoms with E-state index in [9.17, 15) is 9.59 Å². The van der Waals surface area contributed by atoms with Crippen molar-refractivity contribution in [3.63, 3.8) is 0 Å². The number of aromatic nitrogens is 2. The molecule has 2 amide bonds. The van der Waals surface area contributed by atoms with Crippen molar-refractivity contribution in [3.05, 3.63) is 42.2 Å². The topological polar surface area (TPSA) is 115 Å². The number of likely N-dealkylation sites (tertiary alicyclic amines) is 1. The Morgan fingerprint density at radius 2 is 1.73 bits per heavy atom. The molecule has 41 heavy (non-hydrogen) atoms. The first-order valence-corrected chi connectivity index (χ1v) is 13.7. The minimum atomic E-state index is -0.615. The van der Waals surface area contributed by atoms with Gasteiger partial charge < -0.3 is 29.2 Å². The molecule has 11 heteroatoms. The summed E-state index contributed by atoms with van der Waals surface area (Å²) in [5.41, 5.74) is 1.86. The van der Waals surface area contributed by atoms with E-state index in [2.05, 4.69) is 15.3 Å². The Morgan fingerprint density at radius 3 is 2.39 bits per heavy atom. The SMILES string of the molecule is COc1cc2ncnc(Nc3cccc(OC)c3C)c2cc1N1CCC2(CCN(C(=O)OC(C)(C)C)CC2)OC1=O. The Bertz CT molecular complexity index is 1460. The third-order valence-electron chi connectivity index (χ3n) is 7.63. The van der Waals surface area contributed by atoms with Crippen LogP contribution in [-0.4, -0.2) is 72.1 Å². The van der Waals surface area contributed by atoms with E-state index in [1.165, 1.54) is 6.33 Å². The number of carbonyl (C=O) groups is 2. The number of amides is 2. The van der Waals surface area contributed by atoms with Crippen molar-refractivity contribution >= 4 is 40.3 Å². The summed E-state index contributed by atoms with van der Waals surface area (Å²) in [6, 6.07) is 9.41. The fraction of sp³-hybridized carbons (Fsp3) is 0.467. The van der Waals surface area contributed by atoms with Gasteiger partial charge in [-0.25, -0.2) is 19.6 Å². The Hall–Kier alpha value is -4.28. The van der Waals surface area contributed by atoms with E-state index >= 15 is 0 Å². The maximum Gasteiger partial charge on any atom is 0.414 e. The van der Waals surface area contributed by atoms with Crippen LogP contribution in [0.4, 0.5) is 26.8 Å². The Morgan fingerprint density at radius 1 is 1.02 bits per heavy atom. The monoisotopic (exact) mass is 563 g/mol.